The molecule has 1 aliphatic rings. The standard InChI is InChI=1S/C17H18N6.ClH/c1-2-14-16(21-6-5-20-14)7-12(1)8-22-17-11-18-4-3-15(17)23-13-9-19-10-13;/h1-7,11,13,19,22H,8-10H2,(H,18,23);1H. The van der Waals surface area contributed by atoms with Crippen LogP contribution in [0.25, 0.3) is 11.0 Å². The molecule has 0 amide bonds. The molecule has 3 aromatic rings. The van der Waals surface area contributed by atoms with Crippen LogP contribution in [0.5, 0.6) is 0 Å². The summed E-state index contributed by atoms with van der Waals surface area (Å²) in [6.45, 7) is 2.73. The molecule has 1 aliphatic heterocycles. The van der Waals surface area contributed by atoms with Gasteiger partial charge in [-0.1, -0.05) is 6.07 Å². The molecule has 1 saturated heterocycles. The van der Waals surface area contributed by atoms with Gasteiger partial charge in [-0.25, -0.2) is 0 Å². The Morgan fingerprint density at radius 3 is 2.62 bits per heavy atom. The summed E-state index contributed by atoms with van der Waals surface area (Å²) in [5.41, 5.74) is 5.10. The summed E-state index contributed by atoms with van der Waals surface area (Å²) in [5.74, 6) is 0. The Morgan fingerprint density at radius 1 is 1.00 bits per heavy atom. The van der Waals surface area contributed by atoms with Crippen LogP contribution in [-0.2, 0) is 6.54 Å². The minimum Gasteiger partial charge on any atom is -0.378 e. The SMILES string of the molecule is Cl.c1cc(NC2CNC2)c(NCc2ccc3nccnc3c2)cn1. The van der Waals surface area contributed by atoms with Gasteiger partial charge in [0.25, 0.3) is 0 Å². The van der Waals surface area contributed by atoms with E-state index in [4.69, 9.17) is 0 Å². The molecule has 6 nitrogen and oxygen atoms in total. The van der Waals surface area contributed by atoms with Crippen molar-refractivity contribution in [3.8, 4) is 0 Å². The highest BCUT2D eigenvalue weighted by Gasteiger charge is 2.17. The van der Waals surface area contributed by atoms with Crippen molar-refractivity contribution in [2.24, 2.45) is 0 Å². The number of rotatable bonds is 5. The average molecular weight is 343 g/mol. The maximum atomic E-state index is 4.35. The summed E-state index contributed by atoms with van der Waals surface area (Å²) in [5, 5.41) is 10.2. The molecule has 24 heavy (non-hydrogen) atoms. The molecule has 2 aromatic heterocycles. The first-order valence-electron chi connectivity index (χ1n) is 7.73. The molecular weight excluding hydrogens is 324 g/mol. The van der Waals surface area contributed by atoms with Crippen molar-refractivity contribution in [3.05, 3.63) is 54.6 Å². The van der Waals surface area contributed by atoms with Crippen LogP contribution in [0.15, 0.2) is 49.1 Å². The van der Waals surface area contributed by atoms with Crippen molar-refractivity contribution in [1.82, 2.24) is 20.3 Å². The molecule has 1 aromatic carbocycles. The summed E-state index contributed by atoms with van der Waals surface area (Å²) in [6, 6.07) is 8.64. The van der Waals surface area contributed by atoms with Crippen LogP contribution >= 0.6 is 12.4 Å². The maximum absolute atomic E-state index is 4.35. The van der Waals surface area contributed by atoms with Crippen molar-refractivity contribution in [3.63, 3.8) is 0 Å². The predicted octanol–water partition coefficient (Wildman–Crippen LogP) is 2.44. The van der Waals surface area contributed by atoms with Gasteiger partial charge in [-0.15, -0.1) is 12.4 Å². The Bertz CT molecular complexity index is 821. The summed E-state index contributed by atoms with van der Waals surface area (Å²) in [4.78, 5) is 12.9. The number of pyridine rings is 1. The van der Waals surface area contributed by atoms with E-state index in [1.165, 1.54) is 0 Å². The fourth-order valence-electron chi connectivity index (χ4n) is 2.59. The molecule has 0 unspecified atom stereocenters. The van der Waals surface area contributed by atoms with Crippen LogP contribution in [-0.4, -0.2) is 34.1 Å². The van der Waals surface area contributed by atoms with E-state index >= 15 is 0 Å². The maximum Gasteiger partial charge on any atom is 0.0890 e. The van der Waals surface area contributed by atoms with E-state index in [1.807, 2.05) is 24.5 Å². The molecule has 0 radical (unpaired) electrons. The summed E-state index contributed by atoms with van der Waals surface area (Å²) >= 11 is 0. The number of hydrogen-bond acceptors (Lipinski definition) is 6. The normalized spacial score (nSPS) is 13.8. The van der Waals surface area contributed by atoms with Crippen LogP contribution in [0.3, 0.4) is 0 Å². The lowest BCUT2D eigenvalue weighted by Gasteiger charge is -2.29. The Hall–Kier alpha value is -2.44. The summed E-state index contributed by atoms with van der Waals surface area (Å²) < 4.78 is 0. The van der Waals surface area contributed by atoms with Crippen LogP contribution in [0, 0.1) is 0 Å². The van der Waals surface area contributed by atoms with Crippen molar-refractivity contribution in [1.29, 1.82) is 0 Å². The second-order valence-corrected chi connectivity index (χ2v) is 5.65. The van der Waals surface area contributed by atoms with Gasteiger partial charge in [0.05, 0.1) is 34.6 Å². The zero-order valence-electron chi connectivity index (χ0n) is 13.1. The quantitative estimate of drug-likeness (QED) is 0.661. The van der Waals surface area contributed by atoms with Crippen molar-refractivity contribution < 1.29 is 0 Å². The van der Waals surface area contributed by atoms with Crippen LogP contribution < -0.4 is 16.0 Å². The lowest BCUT2D eigenvalue weighted by Crippen LogP contribution is -2.51. The highest BCUT2D eigenvalue weighted by molar-refractivity contribution is 5.85. The third kappa shape index (κ3) is 3.55. The van der Waals surface area contributed by atoms with Gasteiger partial charge >= 0.3 is 0 Å². The smallest absolute Gasteiger partial charge is 0.0890 e. The summed E-state index contributed by atoms with van der Waals surface area (Å²) in [6.07, 6.45) is 7.10. The minimum atomic E-state index is 0. The molecule has 124 valence electrons. The number of nitrogens with zero attached hydrogens (tertiary/aromatic N) is 3. The number of fused-ring (bicyclic) bond motifs is 1. The molecule has 3 N–H and O–H groups in total. The lowest BCUT2D eigenvalue weighted by molar-refractivity contribution is 0.472. The fraction of sp³-hybridized carbons (Fsp3) is 0.235. The molecule has 7 heteroatoms. The highest BCUT2D eigenvalue weighted by Crippen LogP contribution is 2.22. The van der Waals surface area contributed by atoms with Crippen LogP contribution in [0.1, 0.15) is 5.56 Å². The average Bonchev–Trinajstić information content (AvgIpc) is 2.57. The fourth-order valence-corrected chi connectivity index (χ4v) is 2.59. The van der Waals surface area contributed by atoms with Gasteiger partial charge < -0.3 is 16.0 Å². The second kappa shape index (κ2) is 7.42. The molecule has 0 spiro atoms. The highest BCUT2D eigenvalue weighted by atomic mass is 35.5. The van der Waals surface area contributed by atoms with Gasteiger partial charge in [-0.2, -0.15) is 0 Å². The van der Waals surface area contributed by atoms with Gasteiger partial charge in [-0.05, 0) is 23.8 Å². The lowest BCUT2D eigenvalue weighted by atomic mass is 10.1. The largest absolute Gasteiger partial charge is 0.378 e. The van der Waals surface area contributed by atoms with Crippen molar-refractivity contribution in [2.75, 3.05) is 23.7 Å². The number of nitrogens with one attached hydrogen (secondary N) is 3. The summed E-state index contributed by atoms with van der Waals surface area (Å²) in [7, 11) is 0. The Labute approximate surface area is 146 Å². The molecule has 0 bridgehead atoms. The van der Waals surface area contributed by atoms with Gasteiger partial charge in [-0.3, -0.25) is 15.0 Å². The molecule has 0 atom stereocenters. The van der Waals surface area contributed by atoms with Crippen molar-refractivity contribution in [2.45, 2.75) is 12.6 Å². The Kier molecular flexibility index (Phi) is 5.08. The third-order valence-corrected chi connectivity index (χ3v) is 3.98. The van der Waals surface area contributed by atoms with Gasteiger partial charge in [0.1, 0.15) is 0 Å². The van der Waals surface area contributed by atoms with E-state index in [1.54, 1.807) is 12.4 Å². The molecule has 4 rings (SSSR count). The van der Waals surface area contributed by atoms with E-state index in [0.29, 0.717) is 6.04 Å². The number of benzene rings is 1. The van der Waals surface area contributed by atoms with Crippen LogP contribution in [0.4, 0.5) is 11.4 Å². The Balaban J connectivity index is 0.00000169. The molecule has 3 heterocycles. The molecule has 1 fully saturated rings. The minimum absolute atomic E-state index is 0. The van der Waals surface area contributed by atoms with E-state index in [2.05, 4.69) is 43.0 Å². The Morgan fingerprint density at radius 2 is 1.83 bits per heavy atom. The zero-order valence-corrected chi connectivity index (χ0v) is 13.9. The zero-order chi connectivity index (χ0) is 15.5. The van der Waals surface area contributed by atoms with Gasteiger partial charge in [0.15, 0.2) is 0 Å². The predicted molar refractivity (Wildman–Crippen MR) is 98.6 cm³/mol. The number of anilines is 2. The van der Waals surface area contributed by atoms with Gasteiger partial charge in [0, 0.05) is 38.2 Å². The van der Waals surface area contributed by atoms with Gasteiger partial charge in [0.2, 0.25) is 0 Å². The number of hydrogen-bond donors (Lipinski definition) is 3. The first-order valence-corrected chi connectivity index (χ1v) is 7.73. The topological polar surface area (TPSA) is 74.8 Å². The second-order valence-electron chi connectivity index (χ2n) is 5.65. The molecular formula is C17H19ClN6. The van der Waals surface area contributed by atoms with Crippen LogP contribution in [0.2, 0.25) is 0 Å². The third-order valence-electron chi connectivity index (χ3n) is 3.98. The first kappa shape index (κ1) is 16.4. The first-order chi connectivity index (χ1) is 11.4. The monoisotopic (exact) mass is 342 g/mol. The number of aromatic nitrogens is 3. The van der Waals surface area contributed by atoms with E-state index in [-0.39, 0.29) is 12.4 Å². The molecule has 0 saturated carbocycles. The van der Waals surface area contributed by atoms with E-state index in [0.717, 1.165) is 47.6 Å². The van der Waals surface area contributed by atoms with E-state index in [9.17, 15) is 0 Å². The van der Waals surface area contributed by atoms with Crippen molar-refractivity contribution >= 4 is 34.8 Å². The number of halogens is 1. The van der Waals surface area contributed by atoms with E-state index < -0.39 is 0 Å². The molecule has 0 aliphatic carbocycles.